The molecule has 3 aromatic rings. The summed E-state index contributed by atoms with van der Waals surface area (Å²) in [7, 11) is -0.870. The van der Waals surface area contributed by atoms with Gasteiger partial charge in [-0.15, -0.1) is 0 Å². The topological polar surface area (TPSA) is 84.9 Å². The summed E-state index contributed by atoms with van der Waals surface area (Å²) in [5.74, 6) is 0.806. The van der Waals surface area contributed by atoms with E-state index in [1.165, 1.54) is 20.3 Å². The van der Waals surface area contributed by atoms with Gasteiger partial charge in [-0.1, -0.05) is 18.2 Å². The van der Waals surface area contributed by atoms with Gasteiger partial charge in [0.25, 0.3) is 15.9 Å². The van der Waals surface area contributed by atoms with Crippen molar-refractivity contribution >= 4 is 27.3 Å². The first-order valence-electron chi connectivity index (χ1n) is 9.67. The zero-order chi connectivity index (χ0) is 22.0. The SMILES string of the molecule is COc1ccc(NS(=O)(=O)c2ccc3c(c2)CCN3C(=O)c2ccccc2)c(OC)c1. The van der Waals surface area contributed by atoms with E-state index in [9.17, 15) is 13.2 Å². The zero-order valence-corrected chi connectivity index (χ0v) is 18.0. The third-order valence-electron chi connectivity index (χ3n) is 5.18. The Morgan fingerprint density at radius 3 is 2.45 bits per heavy atom. The van der Waals surface area contributed by atoms with Crippen molar-refractivity contribution in [2.24, 2.45) is 0 Å². The van der Waals surface area contributed by atoms with Gasteiger partial charge in [0.05, 0.1) is 24.8 Å². The van der Waals surface area contributed by atoms with Crippen molar-refractivity contribution in [3.63, 3.8) is 0 Å². The fourth-order valence-corrected chi connectivity index (χ4v) is 4.70. The highest BCUT2D eigenvalue weighted by Gasteiger charge is 2.27. The maximum absolute atomic E-state index is 13.0. The Kier molecular flexibility index (Phi) is 5.56. The summed E-state index contributed by atoms with van der Waals surface area (Å²) in [5, 5.41) is 0. The monoisotopic (exact) mass is 438 g/mol. The Morgan fingerprint density at radius 1 is 0.968 bits per heavy atom. The molecule has 4 rings (SSSR count). The number of methoxy groups -OCH3 is 2. The second kappa shape index (κ2) is 8.31. The third kappa shape index (κ3) is 4.06. The van der Waals surface area contributed by atoms with Crippen LogP contribution in [0, 0.1) is 0 Å². The van der Waals surface area contributed by atoms with Crippen molar-refractivity contribution in [1.82, 2.24) is 0 Å². The quantitative estimate of drug-likeness (QED) is 0.634. The number of amides is 1. The Labute approximate surface area is 181 Å². The lowest BCUT2D eigenvalue weighted by Crippen LogP contribution is -2.28. The smallest absolute Gasteiger partial charge is 0.262 e. The van der Waals surface area contributed by atoms with E-state index < -0.39 is 10.0 Å². The number of ether oxygens (including phenoxy) is 2. The van der Waals surface area contributed by atoms with E-state index >= 15 is 0 Å². The van der Waals surface area contributed by atoms with Crippen molar-refractivity contribution in [1.29, 1.82) is 0 Å². The predicted octanol–water partition coefficient (Wildman–Crippen LogP) is 3.71. The molecule has 0 saturated carbocycles. The van der Waals surface area contributed by atoms with Crippen molar-refractivity contribution in [2.75, 3.05) is 30.4 Å². The number of carbonyl (C=O) groups excluding carboxylic acids is 1. The average molecular weight is 439 g/mol. The van der Waals surface area contributed by atoms with Gasteiger partial charge in [0.15, 0.2) is 0 Å². The molecule has 1 amide bonds. The van der Waals surface area contributed by atoms with Crippen LogP contribution in [0.3, 0.4) is 0 Å². The molecule has 8 heteroatoms. The Hall–Kier alpha value is -3.52. The third-order valence-corrected chi connectivity index (χ3v) is 6.54. The minimum Gasteiger partial charge on any atom is -0.497 e. The second-order valence-electron chi connectivity index (χ2n) is 7.04. The lowest BCUT2D eigenvalue weighted by Gasteiger charge is -2.18. The highest BCUT2D eigenvalue weighted by Crippen LogP contribution is 2.34. The molecular formula is C23H22N2O5S. The van der Waals surface area contributed by atoms with Gasteiger partial charge in [0.1, 0.15) is 11.5 Å². The molecule has 0 spiro atoms. The van der Waals surface area contributed by atoms with Gasteiger partial charge in [-0.05, 0) is 54.4 Å². The fourth-order valence-electron chi connectivity index (χ4n) is 3.58. The van der Waals surface area contributed by atoms with Crippen LogP contribution < -0.4 is 19.1 Å². The lowest BCUT2D eigenvalue weighted by molar-refractivity contribution is 0.0989. The molecule has 0 atom stereocenters. The Balaban J connectivity index is 1.60. The summed E-state index contributed by atoms with van der Waals surface area (Å²) in [4.78, 5) is 14.6. The van der Waals surface area contributed by atoms with Crippen LogP contribution >= 0.6 is 0 Å². The number of hydrogen-bond acceptors (Lipinski definition) is 5. The van der Waals surface area contributed by atoms with Crippen LogP contribution in [0.5, 0.6) is 11.5 Å². The number of hydrogen-bond donors (Lipinski definition) is 1. The largest absolute Gasteiger partial charge is 0.497 e. The number of benzene rings is 3. The molecule has 0 aromatic heterocycles. The maximum Gasteiger partial charge on any atom is 0.262 e. The molecule has 0 fully saturated rings. The molecule has 7 nitrogen and oxygen atoms in total. The highest BCUT2D eigenvalue weighted by molar-refractivity contribution is 7.92. The molecule has 31 heavy (non-hydrogen) atoms. The van der Waals surface area contributed by atoms with Crippen molar-refractivity contribution in [3.8, 4) is 11.5 Å². The molecule has 1 aliphatic heterocycles. The summed E-state index contributed by atoms with van der Waals surface area (Å²) < 4.78 is 39.0. The normalized spacial score (nSPS) is 12.9. The van der Waals surface area contributed by atoms with E-state index in [-0.39, 0.29) is 10.8 Å². The van der Waals surface area contributed by atoms with Gasteiger partial charge in [0, 0.05) is 23.9 Å². The molecule has 0 saturated heterocycles. The molecular weight excluding hydrogens is 416 g/mol. The summed E-state index contributed by atoms with van der Waals surface area (Å²) >= 11 is 0. The van der Waals surface area contributed by atoms with Crippen molar-refractivity contribution < 1.29 is 22.7 Å². The molecule has 1 aliphatic rings. The average Bonchev–Trinajstić information content (AvgIpc) is 3.22. The minimum atomic E-state index is -3.85. The molecule has 160 valence electrons. The van der Waals surface area contributed by atoms with Crippen molar-refractivity contribution in [3.05, 3.63) is 77.9 Å². The summed E-state index contributed by atoms with van der Waals surface area (Å²) in [6, 6.07) is 18.7. The van der Waals surface area contributed by atoms with Crippen LogP contribution in [0.2, 0.25) is 0 Å². The molecule has 0 unspecified atom stereocenters. The number of sulfonamides is 1. The molecule has 0 bridgehead atoms. The molecule has 0 aliphatic carbocycles. The van der Waals surface area contributed by atoms with Gasteiger partial charge in [-0.3, -0.25) is 9.52 Å². The molecule has 1 heterocycles. The standard InChI is InChI=1S/C23H22N2O5S/c1-29-18-8-10-20(22(15-18)30-2)24-31(27,28)19-9-11-21-17(14-19)12-13-25(21)23(26)16-6-4-3-5-7-16/h3-11,14-15,24H,12-13H2,1-2H3. The number of rotatable bonds is 6. The molecule has 3 aromatic carbocycles. The van der Waals surface area contributed by atoms with E-state index in [2.05, 4.69) is 4.72 Å². The van der Waals surface area contributed by atoms with E-state index in [1.807, 2.05) is 18.2 Å². The molecule has 0 radical (unpaired) electrons. The fraction of sp³-hybridized carbons (Fsp3) is 0.174. The van der Waals surface area contributed by atoms with Crippen LogP contribution in [-0.4, -0.2) is 35.1 Å². The van der Waals surface area contributed by atoms with Crippen LogP contribution in [0.25, 0.3) is 0 Å². The Morgan fingerprint density at radius 2 is 1.74 bits per heavy atom. The second-order valence-corrected chi connectivity index (χ2v) is 8.72. The predicted molar refractivity (Wildman–Crippen MR) is 119 cm³/mol. The lowest BCUT2D eigenvalue weighted by atomic mass is 10.1. The van der Waals surface area contributed by atoms with Crippen LogP contribution in [0.4, 0.5) is 11.4 Å². The highest BCUT2D eigenvalue weighted by atomic mass is 32.2. The first-order chi connectivity index (χ1) is 14.9. The van der Waals surface area contributed by atoms with E-state index in [0.717, 1.165) is 11.3 Å². The first-order valence-corrected chi connectivity index (χ1v) is 11.2. The van der Waals surface area contributed by atoms with Gasteiger partial charge in [-0.25, -0.2) is 8.42 Å². The molecule has 1 N–H and O–H groups in total. The van der Waals surface area contributed by atoms with E-state index in [4.69, 9.17) is 9.47 Å². The van der Waals surface area contributed by atoms with E-state index in [0.29, 0.717) is 35.7 Å². The van der Waals surface area contributed by atoms with Crippen LogP contribution in [0.15, 0.2) is 71.6 Å². The first kappa shape index (κ1) is 20.7. The number of nitrogens with one attached hydrogen (secondary N) is 1. The number of anilines is 2. The summed E-state index contributed by atoms with van der Waals surface area (Å²) in [5.41, 5.74) is 2.45. The van der Waals surface area contributed by atoms with Gasteiger partial charge >= 0.3 is 0 Å². The summed E-state index contributed by atoms with van der Waals surface area (Å²) in [6.45, 7) is 0.506. The van der Waals surface area contributed by atoms with Crippen LogP contribution in [0.1, 0.15) is 15.9 Å². The Bertz CT molecular complexity index is 1230. The van der Waals surface area contributed by atoms with Crippen molar-refractivity contribution in [2.45, 2.75) is 11.3 Å². The number of nitrogens with zero attached hydrogens (tertiary/aromatic N) is 1. The zero-order valence-electron chi connectivity index (χ0n) is 17.2. The number of carbonyl (C=O) groups is 1. The summed E-state index contributed by atoms with van der Waals surface area (Å²) in [6.07, 6.45) is 0.586. The van der Waals surface area contributed by atoms with Crippen LogP contribution in [-0.2, 0) is 16.4 Å². The van der Waals surface area contributed by atoms with E-state index in [1.54, 1.807) is 47.4 Å². The number of fused-ring (bicyclic) bond motifs is 1. The van der Waals surface area contributed by atoms with Gasteiger partial charge < -0.3 is 14.4 Å². The maximum atomic E-state index is 13.0. The minimum absolute atomic E-state index is 0.101. The van der Waals surface area contributed by atoms with Gasteiger partial charge in [0.2, 0.25) is 0 Å². The van der Waals surface area contributed by atoms with Gasteiger partial charge in [-0.2, -0.15) is 0 Å².